The van der Waals surface area contributed by atoms with Crippen molar-refractivity contribution in [3.63, 3.8) is 0 Å². The summed E-state index contributed by atoms with van der Waals surface area (Å²) < 4.78 is 1.80. The largest absolute Gasteiger partial charge is 0.232 e. The standard InChI is InChI=1S/C17H15N3/c1-17(2)14-7-4-3-6-12(14)13-8-9-15(19-16(13)17)20-11-5-10-18-20/h3-11H,1-2H3. The number of pyridine rings is 1. The zero-order chi connectivity index (χ0) is 13.7. The maximum atomic E-state index is 4.86. The summed E-state index contributed by atoms with van der Waals surface area (Å²) in [7, 11) is 0. The first-order valence-electron chi connectivity index (χ1n) is 6.79. The highest BCUT2D eigenvalue weighted by atomic mass is 15.3. The van der Waals surface area contributed by atoms with Gasteiger partial charge in [-0.1, -0.05) is 38.1 Å². The molecular formula is C17H15N3. The van der Waals surface area contributed by atoms with Gasteiger partial charge in [0.1, 0.15) is 0 Å². The average Bonchev–Trinajstić information content (AvgIpc) is 3.07. The lowest BCUT2D eigenvalue weighted by atomic mass is 9.85. The fourth-order valence-electron chi connectivity index (χ4n) is 3.07. The predicted molar refractivity (Wildman–Crippen MR) is 78.9 cm³/mol. The van der Waals surface area contributed by atoms with Crippen LogP contribution in [0.25, 0.3) is 16.9 Å². The van der Waals surface area contributed by atoms with Gasteiger partial charge in [0.05, 0.1) is 5.69 Å². The monoisotopic (exact) mass is 261 g/mol. The summed E-state index contributed by atoms with van der Waals surface area (Å²) in [5, 5.41) is 4.26. The molecule has 0 unspecified atom stereocenters. The molecule has 0 spiro atoms. The smallest absolute Gasteiger partial charge is 0.153 e. The van der Waals surface area contributed by atoms with E-state index in [-0.39, 0.29) is 5.41 Å². The van der Waals surface area contributed by atoms with E-state index in [1.165, 1.54) is 16.7 Å². The molecule has 1 aromatic carbocycles. The van der Waals surface area contributed by atoms with E-state index in [1.807, 2.05) is 18.3 Å². The van der Waals surface area contributed by atoms with Crippen molar-refractivity contribution in [1.29, 1.82) is 0 Å². The molecule has 20 heavy (non-hydrogen) atoms. The Hall–Kier alpha value is -2.42. The van der Waals surface area contributed by atoms with Crippen LogP contribution in [0.5, 0.6) is 0 Å². The molecule has 2 heterocycles. The molecule has 0 saturated carbocycles. The van der Waals surface area contributed by atoms with Crippen LogP contribution in [0.1, 0.15) is 25.1 Å². The van der Waals surface area contributed by atoms with Gasteiger partial charge >= 0.3 is 0 Å². The molecule has 0 amide bonds. The Kier molecular flexibility index (Phi) is 2.16. The van der Waals surface area contributed by atoms with Gasteiger partial charge in [-0.2, -0.15) is 5.10 Å². The van der Waals surface area contributed by atoms with E-state index >= 15 is 0 Å². The fraction of sp³-hybridized carbons (Fsp3) is 0.176. The molecule has 1 aliphatic rings. The first kappa shape index (κ1) is 11.4. The first-order valence-corrected chi connectivity index (χ1v) is 6.79. The quantitative estimate of drug-likeness (QED) is 0.670. The van der Waals surface area contributed by atoms with Gasteiger partial charge in [0.15, 0.2) is 5.82 Å². The Morgan fingerprint density at radius 2 is 1.80 bits per heavy atom. The minimum atomic E-state index is -0.0604. The van der Waals surface area contributed by atoms with Crippen LogP contribution in [0, 0.1) is 0 Å². The van der Waals surface area contributed by atoms with Crippen LogP contribution in [0.4, 0.5) is 0 Å². The van der Waals surface area contributed by atoms with Crippen molar-refractivity contribution in [3.8, 4) is 16.9 Å². The SMILES string of the molecule is CC1(C)c2ccccc2-c2ccc(-n3cccn3)nc21. The molecule has 0 radical (unpaired) electrons. The molecule has 3 aromatic rings. The summed E-state index contributed by atoms with van der Waals surface area (Å²) in [5.41, 5.74) is 4.95. The van der Waals surface area contributed by atoms with Crippen LogP contribution in [-0.2, 0) is 5.41 Å². The number of benzene rings is 1. The fourth-order valence-corrected chi connectivity index (χ4v) is 3.07. The molecule has 2 aromatic heterocycles. The van der Waals surface area contributed by atoms with Crippen molar-refractivity contribution >= 4 is 0 Å². The molecule has 0 N–H and O–H groups in total. The highest BCUT2D eigenvalue weighted by Gasteiger charge is 2.36. The summed E-state index contributed by atoms with van der Waals surface area (Å²) >= 11 is 0. The minimum absolute atomic E-state index is 0.0604. The second kappa shape index (κ2) is 3.79. The van der Waals surface area contributed by atoms with Crippen molar-refractivity contribution in [2.75, 3.05) is 0 Å². The van der Waals surface area contributed by atoms with Gasteiger partial charge < -0.3 is 0 Å². The van der Waals surface area contributed by atoms with E-state index in [9.17, 15) is 0 Å². The summed E-state index contributed by atoms with van der Waals surface area (Å²) in [6.07, 6.45) is 3.69. The van der Waals surface area contributed by atoms with Gasteiger partial charge in [0, 0.05) is 23.4 Å². The topological polar surface area (TPSA) is 30.7 Å². The van der Waals surface area contributed by atoms with Crippen LogP contribution in [0.3, 0.4) is 0 Å². The van der Waals surface area contributed by atoms with Crippen LogP contribution >= 0.6 is 0 Å². The summed E-state index contributed by atoms with van der Waals surface area (Å²) in [6.45, 7) is 4.47. The van der Waals surface area contributed by atoms with E-state index in [0.29, 0.717) is 0 Å². The van der Waals surface area contributed by atoms with Crippen LogP contribution < -0.4 is 0 Å². The lowest BCUT2D eigenvalue weighted by Gasteiger charge is -2.20. The molecule has 0 aliphatic heterocycles. The number of fused-ring (bicyclic) bond motifs is 3. The molecule has 0 fully saturated rings. The number of nitrogens with zero attached hydrogens (tertiary/aromatic N) is 3. The molecule has 0 bridgehead atoms. The molecule has 98 valence electrons. The summed E-state index contributed by atoms with van der Waals surface area (Å²) in [4.78, 5) is 4.86. The number of aromatic nitrogens is 3. The van der Waals surface area contributed by atoms with E-state index < -0.39 is 0 Å². The van der Waals surface area contributed by atoms with Gasteiger partial charge in [0.25, 0.3) is 0 Å². The van der Waals surface area contributed by atoms with Crippen molar-refractivity contribution in [2.45, 2.75) is 19.3 Å². The van der Waals surface area contributed by atoms with Crippen LogP contribution in [0.15, 0.2) is 54.9 Å². The molecule has 3 heteroatoms. The average molecular weight is 261 g/mol. The Bertz CT molecular complexity index is 786. The van der Waals surface area contributed by atoms with E-state index in [4.69, 9.17) is 4.98 Å². The Morgan fingerprint density at radius 3 is 2.60 bits per heavy atom. The summed E-state index contributed by atoms with van der Waals surface area (Å²) in [6, 6.07) is 14.7. The molecular weight excluding hydrogens is 246 g/mol. The Morgan fingerprint density at radius 1 is 0.950 bits per heavy atom. The third-order valence-corrected chi connectivity index (χ3v) is 4.10. The molecule has 4 rings (SSSR count). The van der Waals surface area contributed by atoms with Gasteiger partial charge in [-0.05, 0) is 29.3 Å². The van der Waals surface area contributed by atoms with E-state index in [2.05, 4.69) is 49.3 Å². The third-order valence-electron chi connectivity index (χ3n) is 4.10. The van der Waals surface area contributed by atoms with Crippen molar-refractivity contribution in [3.05, 3.63) is 66.1 Å². The number of hydrogen-bond donors (Lipinski definition) is 0. The van der Waals surface area contributed by atoms with Gasteiger partial charge in [-0.3, -0.25) is 0 Å². The molecule has 0 saturated heterocycles. The van der Waals surface area contributed by atoms with Crippen molar-refractivity contribution in [2.24, 2.45) is 0 Å². The highest BCUT2D eigenvalue weighted by Crippen LogP contribution is 2.47. The van der Waals surface area contributed by atoms with Crippen molar-refractivity contribution in [1.82, 2.24) is 14.8 Å². The normalized spacial score (nSPS) is 14.9. The van der Waals surface area contributed by atoms with Gasteiger partial charge in [-0.15, -0.1) is 0 Å². The van der Waals surface area contributed by atoms with Gasteiger partial charge in [0.2, 0.25) is 0 Å². The zero-order valence-electron chi connectivity index (χ0n) is 11.5. The first-order chi connectivity index (χ1) is 9.68. The minimum Gasteiger partial charge on any atom is -0.232 e. The van der Waals surface area contributed by atoms with E-state index in [0.717, 1.165) is 11.5 Å². The van der Waals surface area contributed by atoms with Crippen LogP contribution in [0.2, 0.25) is 0 Å². The third kappa shape index (κ3) is 1.40. The van der Waals surface area contributed by atoms with Gasteiger partial charge in [-0.25, -0.2) is 9.67 Å². The number of hydrogen-bond acceptors (Lipinski definition) is 2. The van der Waals surface area contributed by atoms with Crippen LogP contribution in [-0.4, -0.2) is 14.8 Å². The Labute approximate surface area is 117 Å². The second-order valence-corrected chi connectivity index (χ2v) is 5.69. The lowest BCUT2D eigenvalue weighted by Crippen LogP contribution is -2.17. The number of rotatable bonds is 1. The second-order valence-electron chi connectivity index (χ2n) is 5.69. The Balaban J connectivity index is 1.97. The molecule has 1 aliphatic carbocycles. The lowest BCUT2D eigenvalue weighted by molar-refractivity contribution is 0.632. The van der Waals surface area contributed by atoms with Crippen molar-refractivity contribution < 1.29 is 0 Å². The maximum absolute atomic E-state index is 4.86. The van der Waals surface area contributed by atoms with E-state index in [1.54, 1.807) is 10.9 Å². The molecule has 3 nitrogen and oxygen atoms in total. The maximum Gasteiger partial charge on any atom is 0.153 e. The highest BCUT2D eigenvalue weighted by molar-refractivity contribution is 5.79. The predicted octanol–water partition coefficient (Wildman–Crippen LogP) is 3.57. The summed E-state index contributed by atoms with van der Waals surface area (Å²) in [5.74, 6) is 0.870. The molecule has 0 atom stereocenters. The zero-order valence-corrected chi connectivity index (χ0v) is 11.5.